The van der Waals surface area contributed by atoms with E-state index in [1.54, 1.807) is 7.11 Å². The molecule has 11 heavy (non-hydrogen) atoms. The molecule has 1 rings (SSSR count). The summed E-state index contributed by atoms with van der Waals surface area (Å²) in [6.45, 7) is 0.356. The number of hydrogen-bond donors (Lipinski definition) is 2. The van der Waals surface area contributed by atoms with Gasteiger partial charge in [0.25, 0.3) is 0 Å². The fraction of sp³-hybridized carbons (Fsp3) is 1.00. The molecule has 0 aromatic heterocycles. The van der Waals surface area contributed by atoms with Gasteiger partial charge in [-0.25, -0.2) is 0 Å². The summed E-state index contributed by atoms with van der Waals surface area (Å²) in [5.74, 6) is 0. The van der Waals surface area contributed by atoms with Crippen LogP contribution in [-0.4, -0.2) is 48.8 Å². The maximum absolute atomic E-state index is 9.25. The van der Waals surface area contributed by atoms with Crippen molar-refractivity contribution in [2.75, 3.05) is 20.3 Å². The van der Waals surface area contributed by atoms with Crippen LogP contribution >= 0.6 is 0 Å². The highest BCUT2D eigenvalue weighted by Gasteiger charge is 2.32. The summed E-state index contributed by atoms with van der Waals surface area (Å²) in [7, 11) is 1.59. The lowest BCUT2D eigenvalue weighted by Crippen LogP contribution is -2.24. The molecular formula is C7H14O4. The second-order valence-corrected chi connectivity index (χ2v) is 2.74. The smallest absolute Gasteiger partial charge is 0.107 e. The highest BCUT2D eigenvalue weighted by molar-refractivity contribution is 4.81. The highest BCUT2D eigenvalue weighted by Crippen LogP contribution is 2.19. The molecule has 4 heteroatoms. The van der Waals surface area contributed by atoms with Crippen LogP contribution < -0.4 is 0 Å². The minimum atomic E-state index is -0.542. The monoisotopic (exact) mass is 162 g/mol. The number of aliphatic hydroxyl groups excluding tert-OH is 2. The number of rotatable bonds is 3. The van der Waals surface area contributed by atoms with E-state index >= 15 is 0 Å². The Morgan fingerprint density at radius 3 is 2.82 bits per heavy atom. The Morgan fingerprint density at radius 1 is 1.64 bits per heavy atom. The quantitative estimate of drug-likeness (QED) is 0.567. The Balaban J connectivity index is 2.30. The molecule has 0 aliphatic carbocycles. The maximum atomic E-state index is 9.25. The van der Waals surface area contributed by atoms with Gasteiger partial charge in [-0.2, -0.15) is 0 Å². The molecule has 0 radical (unpaired) electrons. The zero-order valence-corrected chi connectivity index (χ0v) is 6.56. The van der Waals surface area contributed by atoms with Gasteiger partial charge < -0.3 is 19.7 Å². The molecule has 1 fully saturated rings. The van der Waals surface area contributed by atoms with Gasteiger partial charge in [-0.15, -0.1) is 0 Å². The fourth-order valence-electron chi connectivity index (χ4n) is 1.27. The van der Waals surface area contributed by atoms with Crippen molar-refractivity contribution in [1.82, 2.24) is 0 Å². The van der Waals surface area contributed by atoms with Crippen molar-refractivity contribution < 1.29 is 19.7 Å². The van der Waals surface area contributed by atoms with Gasteiger partial charge in [0.15, 0.2) is 0 Å². The first-order valence-electron chi connectivity index (χ1n) is 3.71. The molecule has 0 spiro atoms. The van der Waals surface area contributed by atoms with Crippen molar-refractivity contribution in [3.63, 3.8) is 0 Å². The van der Waals surface area contributed by atoms with Gasteiger partial charge in [-0.05, 0) is 0 Å². The molecule has 0 saturated carbocycles. The van der Waals surface area contributed by atoms with E-state index in [-0.39, 0.29) is 12.7 Å². The first kappa shape index (κ1) is 8.93. The summed E-state index contributed by atoms with van der Waals surface area (Å²) in [4.78, 5) is 0. The second-order valence-electron chi connectivity index (χ2n) is 2.74. The molecule has 1 aliphatic rings. The van der Waals surface area contributed by atoms with E-state index in [9.17, 15) is 5.11 Å². The molecule has 1 aliphatic heterocycles. The molecule has 2 N–H and O–H groups in total. The lowest BCUT2D eigenvalue weighted by molar-refractivity contribution is -0.0413. The van der Waals surface area contributed by atoms with Crippen LogP contribution in [0.3, 0.4) is 0 Å². The predicted octanol–water partition coefficient (Wildman–Crippen LogP) is -0.857. The third-order valence-corrected chi connectivity index (χ3v) is 1.83. The first-order chi connectivity index (χ1) is 5.27. The average molecular weight is 162 g/mol. The van der Waals surface area contributed by atoms with Crippen LogP contribution in [0.25, 0.3) is 0 Å². The van der Waals surface area contributed by atoms with Gasteiger partial charge >= 0.3 is 0 Å². The van der Waals surface area contributed by atoms with E-state index in [4.69, 9.17) is 14.6 Å². The summed E-state index contributed by atoms with van der Waals surface area (Å²) < 4.78 is 10.1. The Bertz CT molecular complexity index is 117. The topological polar surface area (TPSA) is 58.9 Å². The Labute approximate surface area is 65.7 Å². The van der Waals surface area contributed by atoms with Crippen molar-refractivity contribution in [2.24, 2.45) is 0 Å². The zero-order valence-electron chi connectivity index (χ0n) is 6.56. The Hall–Kier alpha value is -0.160. The van der Waals surface area contributed by atoms with Crippen LogP contribution in [0, 0.1) is 0 Å². The van der Waals surface area contributed by atoms with Gasteiger partial charge in [-0.1, -0.05) is 0 Å². The molecule has 0 aromatic rings. The highest BCUT2D eigenvalue weighted by atomic mass is 16.6. The number of ether oxygens (including phenoxy) is 2. The average Bonchev–Trinajstić information content (AvgIpc) is 2.32. The lowest BCUT2D eigenvalue weighted by Gasteiger charge is -2.10. The van der Waals surface area contributed by atoms with Crippen molar-refractivity contribution >= 4 is 0 Å². The van der Waals surface area contributed by atoms with Gasteiger partial charge in [0.1, 0.15) is 6.10 Å². The van der Waals surface area contributed by atoms with E-state index in [1.807, 2.05) is 0 Å². The van der Waals surface area contributed by atoms with Crippen molar-refractivity contribution in [2.45, 2.75) is 24.7 Å². The summed E-state index contributed by atoms with van der Waals surface area (Å²) in [5.41, 5.74) is 0. The molecule has 0 amide bonds. The third-order valence-electron chi connectivity index (χ3n) is 1.83. The zero-order chi connectivity index (χ0) is 8.27. The summed E-state index contributed by atoms with van der Waals surface area (Å²) in [5, 5.41) is 17.9. The Kier molecular flexibility index (Phi) is 3.26. The van der Waals surface area contributed by atoms with Crippen LogP contribution in [0.5, 0.6) is 0 Å². The second kappa shape index (κ2) is 4.01. The largest absolute Gasteiger partial charge is 0.394 e. The fourth-order valence-corrected chi connectivity index (χ4v) is 1.27. The molecule has 4 nitrogen and oxygen atoms in total. The van der Waals surface area contributed by atoms with E-state index in [1.165, 1.54) is 0 Å². The SMILES string of the molecule is COC[C@@H]1CC(O)[C@H](CO)O1. The number of aliphatic hydroxyl groups is 2. The van der Waals surface area contributed by atoms with Gasteiger partial charge in [0, 0.05) is 13.5 Å². The van der Waals surface area contributed by atoms with Crippen LogP contribution in [0.4, 0.5) is 0 Å². The first-order valence-corrected chi connectivity index (χ1v) is 3.71. The minimum absolute atomic E-state index is 0.0628. The predicted molar refractivity (Wildman–Crippen MR) is 38.2 cm³/mol. The van der Waals surface area contributed by atoms with Crippen LogP contribution in [0.1, 0.15) is 6.42 Å². The van der Waals surface area contributed by atoms with Crippen LogP contribution in [0.2, 0.25) is 0 Å². The molecule has 66 valence electrons. The van der Waals surface area contributed by atoms with E-state index < -0.39 is 12.2 Å². The third kappa shape index (κ3) is 2.13. The van der Waals surface area contributed by atoms with E-state index in [0.717, 1.165) is 0 Å². The van der Waals surface area contributed by atoms with E-state index in [2.05, 4.69) is 0 Å². The normalized spacial score (nSPS) is 37.9. The molecule has 0 bridgehead atoms. The Morgan fingerprint density at radius 2 is 2.36 bits per heavy atom. The molecule has 1 heterocycles. The molecule has 0 aromatic carbocycles. The lowest BCUT2D eigenvalue weighted by atomic mass is 10.1. The number of methoxy groups -OCH3 is 1. The minimum Gasteiger partial charge on any atom is -0.394 e. The van der Waals surface area contributed by atoms with Gasteiger partial charge in [0.2, 0.25) is 0 Å². The van der Waals surface area contributed by atoms with Crippen LogP contribution in [0.15, 0.2) is 0 Å². The summed E-state index contributed by atoms with van der Waals surface area (Å²) in [6.07, 6.45) is -0.471. The number of hydrogen-bond acceptors (Lipinski definition) is 4. The molecule has 1 saturated heterocycles. The van der Waals surface area contributed by atoms with Gasteiger partial charge in [0.05, 0.1) is 25.4 Å². The summed E-state index contributed by atoms with van der Waals surface area (Å²) in [6, 6.07) is 0. The van der Waals surface area contributed by atoms with Crippen molar-refractivity contribution in [3.8, 4) is 0 Å². The maximum Gasteiger partial charge on any atom is 0.107 e. The molecular weight excluding hydrogens is 148 g/mol. The van der Waals surface area contributed by atoms with Gasteiger partial charge in [-0.3, -0.25) is 0 Å². The standard InChI is InChI=1S/C7H14O4/c1-10-4-5-2-6(9)7(3-8)11-5/h5-9H,2-4H2,1H3/t5-,6?,7-/m0/s1. The summed E-state index contributed by atoms with van der Waals surface area (Å²) >= 11 is 0. The molecule has 3 atom stereocenters. The van der Waals surface area contributed by atoms with Crippen LogP contribution in [-0.2, 0) is 9.47 Å². The van der Waals surface area contributed by atoms with Crippen molar-refractivity contribution in [3.05, 3.63) is 0 Å². The molecule has 1 unspecified atom stereocenters. The van der Waals surface area contributed by atoms with E-state index in [0.29, 0.717) is 13.0 Å². The van der Waals surface area contributed by atoms with Crippen molar-refractivity contribution in [1.29, 1.82) is 0 Å².